The molecule has 0 aromatic carbocycles. The first-order valence-electron chi connectivity index (χ1n) is 6.11. The van der Waals surface area contributed by atoms with Gasteiger partial charge in [-0.1, -0.05) is 24.9 Å². The summed E-state index contributed by atoms with van der Waals surface area (Å²) in [6.07, 6.45) is 5.14. The highest BCUT2D eigenvalue weighted by molar-refractivity contribution is 7.09. The van der Waals surface area contributed by atoms with Gasteiger partial charge in [0.1, 0.15) is 5.82 Å². The van der Waals surface area contributed by atoms with Crippen LogP contribution in [-0.2, 0) is 19.5 Å². The summed E-state index contributed by atoms with van der Waals surface area (Å²) in [4.78, 5) is 12.9. The van der Waals surface area contributed by atoms with E-state index in [1.54, 1.807) is 11.3 Å². The van der Waals surface area contributed by atoms with Crippen molar-refractivity contribution in [3.63, 3.8) is 0 Å². The van der Waals surface area contributed by atoms with Crippen LogP contribution in [0.15, 0.2) is 11.7 Å². The first kappa shape index (κ1) is 13.5. The number of aromatic nitrogens is 3. The smallest absolute Gasteiger partial charge is 0.151 e. The van der Waals surface area contributed by atoms with Crippen LogP contribution < -0.4 is 5.32 Å². The predicted octanol–water partition coefficient (Wildman–Crippen LogP) is 3.15. The lowest BCUT2D eigenvalue weighted by Crippen LogP contribution is -2.12. The van der Waals surface area contributed by atoms with Gasteiger partial charge in [-0.15, -0.1) is 11.3 Å². The number of unbranched alkanes of at least 4 members (excludes halogenated alkanes) is 1. The number of hydrogen-bond acceptors (Lipinski definition) is 4. The SMILES string of the molecule is CCCCc1nc(Cl)c(CNCc2cncs2)[nH]1. The number of nitrogens with one attached hydrogen (secondary N) is 2. The Balaban J connectivity index is 1.83. The van der Waals surface area contributed by atoms with Crippen molar-refractivity contribution in [3.05, 3.63) is 33.3 Å². The lowest BCUT2D eigenvalue weighted by Gasteiger charge is -2.00. The maximum atomic E-state index is 6.09. The zero-order valence-electron chi connectivity index (χ0n) is 10.4. The summed E-state index contributed by atoms with van der Waals surface area (Å²) >= 11 is 7.74. The van der Waals surface area contributed by atoms with Crippen LogP contribution in [0.1, 0.15) is 36.2 Å². The minimum Gasteiger partial charge on any atom is -0.344 e. The summed E-state index contributed by atoms with van der Waals surface area (Å²) in [5.41, 5.74) is 2.80. The van der Waals surface area contributed by atoms with Gasteiger partial charge in [-0.25, -0.2) is 4.98 Å². The van der Waals surface area contributed by atoms with Gasteiger partial charge in [-0.2, -0.15) is 0 Å². The summed E-state index contributed by atoms with van der Waals surface area (Å²) in [6, 6.07) is 0. The molecule has 0 saturated heterocycles. The Morgan fingerprint density at radius 1 is 1.44 bits per heavy atom. The van der Waals surface area contributed by atoms with Crippen LogP contribution in [0, 0.1) is 0 Å². The average molecular weight is 285 g/mol. The van der Waals surface area contributed by atoms with E-state index >= 15 is 0 Å². The van der Waals surface area contributed by atoms with Gasteiger partial charge in [0.2, 0.25) is 0 Å². The van der Waals surface area contributed by atoms with Gasteiger partial charge in [0, 0.05) is 30.6 Å². The fraction of sp³-hybridized carbons (Fsp3) is 0.500. The van der Waals surface area contributed by atoms with E-state index in [-0.39, 0.29) is 0 Å². The number of hydrogen-bond donors (Lipinski definition) is 2. The Morgan fingerprint density at radius 3 is 3.06 bits per heavy atom. The summed E-state index contributed by atoms with van der Waals surface area (Å²) in [5.74, 6) is 0.983. The van der Waals surface area contributed by atoms with Crippen LogP contribution in [-0.4, -0.2) is 15.0 Å². The molecule has 98 valence electrons. The van der Waals surface area contributed by atoms with Crippen molar-refractivity contribution in [1.29, 1.82) is 0 Å². The quantitative estimate of drug-likeness (QED) is 0.821. The second-order valence-corrected chi connectivity index (χ2v) is 5.46. The molecule has 0 aliphatic heterocycles. The van der Waals surface area contributed by atoms with Crippen LogP contribution in [0.5, 0.6) is 0 Å². The minimum absolute atomic E-state index is 0.581. The van der Waals surface area contributed by atoms with Crippen molar-refractivity contribution in [2.24, 2.45) is 0 Å². The van der Waals surface area contributed by atoms with E-state index in [9.17, 15) is 0 Å². The third kappa shape index (κ3) is 3.80. The molecule has 0 radical (unpaired) electrons. The van der Waals surface area contributed by atoms with E-state index in [0.717, 1.165) is 37.3 Å². The maximum Gasteiger partial charge on any atom is 0.151 e. The fourth-order valence-corrected chi connectivity index (χ4v) is 2.44. The van der Waals surface area contributed by atoms with Gasteiger partial charge in [-0.05, 0) is 6.42 Å². The molecule has 18 heavy (non-hydrogen) atoms. The molecule has 0 aliphatic rings. The molecule has 0 aliphatic carbocycles. The number of H-pyrrole nitrogens is 1. The molecule has 0 atom stereocenters. The zero-order chi connectivity index (χ0) is 12.8. The van der Waals surface area contributed by atoms with Gasteiger partial charge in [0.25, 0.3) is 0 Å². The number of imidazole rings is 1. The van der Waals surface area contributed by atoms with Crippen molar-refractivity contribution in [2.75, 3.05) is 0 Å². The van der Waals surface area contributed by atoms with Crippen LogP contribution >= 0.6 is 22.9 Å². The molecule has 2 aromatic heterocycles. The Bertz CT molecular complexity index is 466. The first-order valence-corrected chi connectivity index (χ1v) is 7.36. The molecule has 0 saturated carbocycles. The van der Waals surface area contributed by atoms with Crippen molar-refractivity contribution in [1.82, 2.24) is 20.3 Å². The molecule has 2 rings (SSSR count). The molecule has 0 spiro atoms. The highest BCUT2D eigenvalue weighted by Gasteiger charge is 2.07. The predicted molar refractivity (Wildman–Crippen MR) is 74.9 cm³/mol. The number of aryl methyl sites for hydroxylation is 1. The molecule has 2 heterocycles. The van der Waals surface area contributed by atoms with Gasteiger partial charge >= 0.3 is 0 Å². The largest absolute Gasteiger partial charge is 0.344 e. The third-order valence-corrected chi connectivity index (χ3v) is 3.72. The summed E-state index contributed by atoms with van der Waals surface area (Å²) in [6.45, 7) is 3.68. The van der Waals surface area contributed by atoms with E-state index in [0.29, 0.717) is 11.7 Å². The summed E-state index contributed by atoms with van der Waals surface area (Å²) < 4.78 is 0. The van der Waals surface area contributed by atoms with E-state index in [4.69, 9.17) is 11.6 Å². The van der Waals surface area contributed by atoms with Crippen LogP contribution in [0.2, 0.25) is 5.15 Å². The standard InChI is InChI=1S/C12H17ClN4S/c1-2-3-4-11-16-10(12(13)17-11)7-14-5-9-6-15-8-18-9/h6,8,14H,2-5,7H2,1H3,(H,16,17). The Labute approximate surface area is 116 Å². The maximum absolute atomic E-state index is 6.09. The second-order valence-electron chi connectivity index (χ2n) is 4.13. The zero-order valence-corrected chi connectivity index (χ0v) is 11.9. The fourth-order valence-electron chi connectivity index (χ4n) is 1.66. The van der Waals surface area contributed by atoms with Crippen molar-refractivity contribution >= 4 is 22.9 Å². The molecule has 0 amide bonds. The Hall–Kier alpha value is -0.910. The monoisotopic (exact) mass is 284 g/mol. The second kappa shape index (κ2) is 6.87. The Morgan fingerprint density at radius 2 is 2.33 bits per heavy atom. The van der Waals surface area contributed by atoms with Gasteiger partial charge in [0.05, 0.1) is 11.2 Å². The molecule has 2 N–H and O–H groups in total. The van der Waals surface area contributed by atoms with Gasteiger partial charge < -0.3 is 10.3 Å². The normalized spacial score (nSPS) is 11.0. The third-order valence-electron chi connectivity index (χ3n) is 2.63. The molecular formula is C12H17ClN4S. The molecule has 0 bridgehead atoms. The number of aromatic amines is 1. The number of nitrogens with zero attached hydrogens (tertiary/aromatic N) is 2. The average Bonchev–Trinajstić information content (AvgIpc) is 2.98. The molecule has 4 nitrogen and oxygen atoms in total. The van der Waals surface area contributed by atoms with Crippen LogP contribution in [0.25, 0.3) is 0 Å². The van der Waals surface area contributed by atoms with E-state index in [2.05, 4.69) is 27.2 Å². The molecule has 6 heteroatoms. The van der Waals surface area contributed by atoms with E-state index in [1.165, 1.54) is 4.88 Å². The first-order chi connectivity index (χ1) is 8.79. The number of rotatable bonds is 7. The van der Waals surface area contributed by atoms with Crippen molar-refractivity contribution < 1.29 is 0 Å². The number of halogens is 1. The Kier molecular flexibility index (Phi) is 5.16. The lowest BCUT2D eigenvalue weighted by atomic mass is 10.2. The van der Waals surface area contributed by atoms with Crippen molar-refractivity contribution in [2.45, 2.75) is 39.3 Å². The van der Waals surface area contributed by atoms with Crippen LogP contribution in [0.3, 0.4) is 0 Å². The molecule has 0 fully saturated rings. The topological polar surface area (TPSA) is 53.6 Å². The summed E-state index contributed by atoms with van der Waals surface area (Å²) in [5, 5.41) is 3.91. The highest BCUT2D eigenvalue weighted by atomic mass is 35.5. The van der Waals surface area contributed by atoms with Crippen molar-refractivity contribution in [3.8, 4) is 0 Å². The number of thiazole rings is 1. The molecule has 2 aromatic rings. The summed E-state index contributed by atoms with van der Waals surface area (Å²) in [7, 11) is 0. The lowest BCUT2D eigenvalue weighted by molar-refractivity contribution is 0.684. The van der Waals surface area contributed by atoms with Gasteiger partial charge in [0.15, 0.2) is 5.15 Å². The van der Waals surface area contributed by atoms with Crippen LogP contribution in [0.4, 0.5) is 0 Å². The minimum atomic E-state index is 0.581. The van der Waals surface area contributed by atoms with E-state index in [1.807, 2.05) is 11.7 Å². The molecular weight excluding hydrogens is 268 g/mol. The molecule has 0 unspecified atom stereocenters. The highest BCUT2D eigenvalue weighted by Crippen LogP contribution is 2.14. The van der Waals surface area contributed by atoms with E-state index < -0.39 is 0 Å². The van der Waals surface area contributed by atoms with Gasteiger partial charge in [-0.3, -0.25) is 4.98 Å².